The molecule has 0 saturated heterocycles. The number of benzene rings is 2. The van der Waals surface area contributed by atoms with E-state index in [0.29, 0.717) is 5.75 Å². The van der Waals surface area contributed by atoms with Gasteiger partial charge in [0.05, 0.1) is 16.3 Å². The first kappa shape index (κ1) is 19.5. The van der Waals surface area contributed by atoms with Gasteiger partial charge in [0.2, 0.25) is 5.91 Å². The van der Waals surface area contributed by atoms with E-state index in [-0.39, 0.29) is 5.91 Å². The summed E-state index contributed by atoms with van der Waals surface area (Å²) in [5, 5.41) is 5.06. The molecule has 0 aliphatic rings. The Morgan fingerprint density at radius 3 is 2.66 bits per heavy atom. The molecule has 1 amide bonds. The van der Waals surface area contributed by atoms with Crippen molar-refractivity contribution < 1.29 is 4.79 Å². The molecule has 2 aromatic carbocycles. The van der Waals surface area contributed by atoms with Crippen molar-refractivity contribution in [2.75, 3.05) is 11.1 Å². The molecule has 0 unspecified atom stereocenters. The van der Waals surface area contributed by atoms with Crippen LogP contribution in [0.2, 0.25) is 0 Å². The highest BCUT2D eigenvalue weighted by Gasteiger charge is 2.07. The third kappa shape index (κ3) is 5.37. The van der Waals surface area contributed by atoms with E-state index in [2.05, 4.69) is 21.4 Å². The van der Waals surface area contributed by atoms with E-state index in [9.17, 15) is 4.79 Å². The summed E-state index contributed by atoms with van der Waals surface area (Å²) >= 11 is 3.20. The average Bonchev–Trinajstić information content (AvgIpc) is 2.77. The van der Waals surface area contributed by atoms with E-state index in [4.69, 9.17) is 0 Å². The Morgan fingerprint density at radius 1 is 0.862 bits per heavy atom. The van der Waals surface area contributed by atoms with E-state index >= 15 is 0 Å². The molecule has 0 saturated carbocycles. The molecule has 1 N–H and O–H groups in total. The van der Waals surface area contributed by atoms with Gasteiger partial charge in [0.25, 0.3) is 0 Å². The number of hydrogen-bond donors (Lipinski definition) is 1. The first-order valence-corrected chi connectivity index (χ1v) is 11.1. The number of carbonyl (C=O) groups excluding carboxylic acids is 1. The lowest BCUT2D eigenvalue weighted by Crippen LogP contribution is -2.14. The summed E-state index contributed by atoms with van der Waals surface area (Å²) in [6.07, 6.45) is 3.58. The Balaban J connectivity index is 1.34. The molecule has 0 fully saturated rings. The molecular formula is C23H19N3OS2. The molecular weight excluding hydrogens is 398 g/mol. The Bertz CT molecular complexity index is 1110. The van der Waals surface area contributed by atoms with Gasteiger partial charge in [0, 0.05) is 34.1 Å². The lowest BCUT2D eigenvalue weighted by Gasteiger charge is -2.08. The number of nitrogens with zero attached hydrogens (tertiary/aromatic N) is 2. The Morgan fingerprint density at radius 2 is 1.76 bits per heavy atom. The minimum absolute atomic E-state index is 0.0228. The molecule has 4 aromatic rings. The molecule has 0 atom stereocenters. The van der Waals surface area contributed by atoms with Gasteiger partial charge in [-0.25, -0.2) is 4.98 Å². The summed E-state index contributed by atoms with van der Waals surface area (Å²) in [4.78, 5) is 22.2. The predicted octanol–water partition coefficient (Wildman–Crippen LogP) is 5.65. The van der Waals surface area contributed by atoms with Crippen LogP contribution in [0.3, 0.4) is 0 Å². The second kappa shape index (κ2) is 9.58. The number of nitrogens with one attached hydrogen (secondary N) is 1. The van der Waals surface area contributed by atoms with Crippen LogP contribution in [0, 0.1) is 0 Å². The Kier molecular flexibility index (Phi) is 6.44. The Labute approximate surface area is 178 Å². The van der Waals surface area contributed by atoms with Crippen LogP contribution in [-0.2, 0) is 10.5 Å². The summed E-state index contributed by atoms with van der Waals surface area (Å²) < 4.78 is 0. The summed E-state index contributed by atoms with van der Waals surface area (Å²) in [6, 6.07) is 23.8. The van der Waals surface area contributed by atoms with Crippen molar-refractivity contribution in [3.63, 3.8) is 0 Å². The van der Waals surface area contributed by atoms with Crippen LogP contribution in [0.1, 0.15) is 5.56 Å². The summed E-state index contributed by atoms with van der Waals surface area (Å²) in [7, 11) is 0. The van der Waals surface area contributed by atoms with Gasteiger partial charge in [0.15, 0.2) is 0 Å². The van der Waals surface area contributed by atoms with E-state index in [0.717, 1.165) is 37.8 Å². The summed E-state index contributed by atoms with van der Waals surface area (Å²) in [5.41, 5.74) is 2.90. The van der Waals surface area contributed by atoms with E-state index in [1.54, 1.807) is 24.2 Å². The van der Waals surface area contributed by atoms with E-state index < -0.39 is 0 Å². The lowest BCUT2D eigenvalue weighted by atomic mass is 10.2. The van der Waals surface area contributed by atoms with Crippen molar-refractivity contribution in [1.29, 1.82) is 0 Å². The largest absolute Gasteiger partial charge is 0.325 e. The number of rotatable bonds is 7. The van der Waals surface area contributed by atoms with Crippen molar-refractivity contribution in [3.8, 4) is 0 Å². The van der Waals surface area contributed by atoms with Crippen LogP contribution in [0.15, 0.2) is 95.1 Å². The van der Waals surface area contributed by atoms with Crippen LogP contribution in [0.4, 0.5) is 5.69 Å². The molecule has 0 aliphatic heterocycles. The fraction of sp³-hybridized carbons (Fsp3) is 0.0870. The Hall–Kier alpha value is -2.83. The van der Waals surface area contributed by atoms with Crippen LogP contribution in [-0.4, -0.2) is 21.6 Å². The molecule has 2 aromatic heterocycles. The van der Waals surface area contributed by atoms with Gasteiger partial charge in [-0.2, -0.15) is 0 Å². The van der Waals surface area contributed by atoms with Crippen molar-refractivity contribution >= 4 is 46.0 Å². The first-order chi connectivity index (χ1) is 14.3. The topological polar surface area (TPSA) is 54.9 Å². The van der Waals surface area contributed by atoms with Crippen molar-refractivity contribution in [2.45, 2.75) is 15.7 Å². The SMILES string of the molecule is O=C(CSc1ccnc2ccccc12)Nc1cccc(CSc2ccccn2)c1. The molecule has 6 heteroatoms. The van der Waals surface area contributed by atoms with Gasteiger partial charge in [0.1, 0.15) is 0 Å². The van der Waals surface area contributed by atoms with Gasteiger partial charge in [-0.15, -0.1) is 23.5 Å². The van der Waals surface area contributed by atoms with Gasteiger partial charge in [-0.05, 0) is 42.0 Å². The zero-order valence-electron chi connectivity index (χ0n) is 15.6. The van der Waals surface area contributed by atoms with Crippen molar-refractivity contribution in [2.24, 2.45) is 0 Å². The van der Waals surface area contributed by atoms with Crippen LogP contribution in [0.25, 0.3) is 10.9 Å². The van der Waals surface area contributed by atoms with E-state index in [1.165, 1.54) is 11.8 Å². The molecule has 0 radical (unpaired) electrons. The quantitative estimate of drug-likeness (QED) is 0.394. The zero-order valence-corrected chi connectivity index (χ0v) is 17.2. The molecule has 0 spiro atoms. The van der Waals surface area contributed by atoms with Gasteiger partial charge < -0.3 is 5.32 Å². The smallest absolute Gasteiger partial charge is 0.234 e. The van der Waals surface area contributed by atoms with Crippen molar-refractivity contribution in [3.05, 3.63) is 90.8 Å². The van der Waals surface area contributed by atoms with Gasteiger partial charge >= 0.3 is 0 Å². The third-order valence-electron chi connectivity index (χ3n) is 4.20. The third-order valence-corrected chi connectivity index (χ3v) is 6.29. The molecule has 29 heavy (non-hydrogen) atoms. The maximum Gasteiger partial charge on any atom is 0.234 e. The number of para-hydroxylation sites is 1. The molecule has 2 heterocycles. The number of thioether (sulfide) groups is 2. The highest BCUT2D eigenvalue weighted by atomic mass is 32.2. The number of aromatic nitrogens is 2. The van der Waals surface area contributed by atoms with Crippen molar-refractivity contribution in [1.82, 2.24) is 9.97 Å². The minimum Gasteiger partial charge on any atom is -0.325 e. The molecule has 0 aliphatic carbocycles. The monoisotopic (exact) mass is 417 g/mol. The maximum absolute atomic E-state index is 12.4. The molecule has 4 nitrogen and oxygen atoms in total. The molecule has 0 bridgehead atoms. The average molecular weight is 418 g/mol. The number of carbonyl (C=O) groups is 1. The van der Waals surface area contributed by atoms with Crippen LogP contribution >= 0.6 is 23.5 Å². The maximum atomic E-state index is 12.4. The number of anilines is 1. The molecule has 144 valence electrons. The second-order valence-electron chi connectivity index (χ2n) is 6.32. The van der Waals surface area contributed by atoms with E-state index in [1.807, 2.05) is 66.7 Å². The fourth-order valence-electron chi connectivity index (χ4n) is 2.86. The van der Waals surface area contributed by atoms with Crippen LogP contribution < -0.4 is 5.32 Å². The lowest BCUT2D eigenvalue weighted by molar-refractivity contribution is -0.113. The summed E-state index contributed by atoms with van der Waals surface area (Å²) in [5.74, 6) is 1.13. The van der Waals surface area contributed by atoms with Crippen LogP contribution in [0.5, 0.6) is 0 Å². The standard InChI is InChI=1S/C23H19N3OS2/c27-22(16-28-21-11-13-24-20-9-2-1-8-19(20)21)26-18-7-5-6-17(14-18)15-29-23-10-3-4-12-25-23/h1-14H,15-16H2,(H,26,27). The number of amides is 1. The number of pyridine rings is 2. The predicted molar refractivity (Wildman–Crippen MR) is 121 cm³/mol. The van der Waals surface area contributed by atoms with Gasteiger partial charge in [-0.1, -0.05) is 36.4 Å². The fourth-order valence-corrected chi connectivity index (χ4v) is 4.51. The van der Waals surface area contributed by atoms with Gasteiger partial charge in [-0.3, -0.25) is 9.78 Å². The highest BCUT2D eigenvalue weighted by molar-refractivity contribution is 8.00. The summed E-state index contributed by atoms with van der Waals surface area (Å²) in [6.45, 7) is 0. The normalized spacial score (nSPS) is 10.8. The second-order valence-corrected chi connectivity index (χ2v) is 8.33. The highest BCUT2D eigenvalue weighted by Crippen LogP contribution is 2.27. The number of fused-ring (bicyclic) bond motifs is 1. The zero-order chi connectivity index (χ0) is 19.9. The number of hydrogen-bond acceptors (Lipinski definition) is 5. The first-order valence-electron chi connectivity index (χ1n) is 9.17. The minimum atomic E-state index is -0.0228. The molecule has 4 rings (SSSR count).